The molecule has 0 amide bonds. The summed E-state index contributed by atoms with van der Waals surface area (Å²) in [5, 5.41) is 7.54. The molecular formula is C19H20FN5O4. The maximum absolute atomic E-state index is 12.5. The van der Waals surface area contributed by atoms with Crippen LogP contribution in [0.25, 0.3) is 5.65 Å². The number of rotatable bonds is 6. The van der Waals surface area contributed by atoms with Crippen molar-refractivity contribution in [1.82, 2.24) is 24.9 Å². The smallest absolute Gasteiger partial charge is 0.343 e. The van der Waals surface area contributed by atoms with Crippen LogP contribution in [0.4, 0.5) is 4.39 Å². The topological polar surface area (TPSA) is 99.9 Å². The maximum Gasteiger partial charge on any atom is 0.343 e. The summed E-state index contributed by atoms with van der Waals surface area (Å²) in [6.45, 7) is 2.20. The zero-order valence-corrected chi connectivity index (χ0v) is 15.7. The van der Waals surface area contributed by atoms with E-state index in [1.165, 1.54) is 16.9 Å². The Morgan fingerprint density at radius 3 is 3.14 bits per heavy atom. The van der Waals surface area contributed by atoms with Gasteiger partial charge in [-0.3, -0.25) is 4.98 Å². The third-order valence-electron chi connectivity index (χ3n) is 4.56. The van der Waals surface area contributed by atoms with Crippen molar-refractivity contribution in [3.05, 3.63) is 53.7 Å². The van der Waals surface area contributed by atoms with Crippen LogP contribution in [0.15, 0.2) is 36.9 Å². The molecule has 4 heterocycles. The molecular weight excluding hydrogens is 381 g/mol. The summed E-state index contributed by atoms with van der Waals surface area (Å²) in [6, 6.07) is 3.23. The molecule has 0 aromatic carbocycles. The lowest BCUT2D eigenvalue weighted by Crippen LogP contribution is -2.37. The molecule has 0 aliphatic carbocycles. The molecule has 0 bridgehead atoms. The monoisotopic (exact) mass is 401 g/mol. The molecule has 1 fully saturated rings. The van der Waals surface area contributed by atoms with Gasteiger partial charge in [-0.05, 0) is 24.6 Å². The van der Waals surface area contributed by atoms with E-state index in [-0.39, 0.29) is 18.2 Å². The van der Waals surface area contributed by atoms with Crippen LogP contribution in [-0.4, -0.2) is 52.2 Å². The van der Waals surface area contributed by atoms with E-state index in [1.807, 2.05) is 0 Å². The van der Waals surface area contributed by atoms with Crippen LogP contribution in [0.1, 0.15) is 40.7 Å². The predicted molar refractivity (Wildman–Crippen MR) is 99.2 cm³/mol. The summed E-state index contributed by atoms with van der Waals surface area (Å²) >= 11 is 0. The van der Waals surface area contributed by atoms with E-state index >= 15 is 0 Å². The van der Waals surface area contributed by atoms with Gasteiger partial charge in [-0.15, -0.1) is 0 Å². The van der Waals surface area contributed by atoms with Crippen molar-refractivity contribution >= 4 is 11.6 Å². The van der Waals surface area contributed by atoms with Crippen molar-refractivity contribution in [1.29, 1.82) is 0 Å². The molecule has 29 heavy (non-hydrogen) atoms. The number of halogens is 1. The van der Waals surface area contributed by atoms with Crippen LogP contribution in [-0.2, 0) is 9.47 Å². The lowest BCUT2D eigenvalue weighted by Gasteiger charge is -2.32. The lowest BCUT2D eigenvalue weighted by molar-refractivity contribution is -0.00900. The standard InChI is InChI=1S/C19H20FN5O4/c1-2-27-19(26)14-10-23-25-5-3-15(24-18(14)25)17-16(22-4-6-28-17)12-7-13(29-11-20)9-21-8-12/h3,5,7-10,16-17,22H,2,4,6,11H2,1H3. The van der Waals surface area contributed by atoms with Gasteiger partial charge in [-0.1, -0.05) is 0 Å². The number of ether oxygens (including phenoxy) is 3. The van der Waals surface area contributed by atoms with E-state index in [4.69, 9.17) is 14.2 Å². The predicted octanol–water partition coefficient (Wildman–Crippen LogP) is 2.01. The van der Waals surface area contributed by atoms with Gasteiger partial charge in [-0.25, -0.2) is 18.7 Å². The number of alkyl halides is 1. The van der Waals surface area contributed by atoms with Gasteiger partial charge < -0.3 is 19.5 Å². The van der Waals surface area contributed by atoms with E-state index in [2.05, 4.69) is 20.4 Å². The molecule has 2 unspecified atom stereocenters. The van der Waals surface area contributed by atoms with Gasteiger partial charge in [0.1, 0.15) is 17.4 Å². The van der Waals surface area contributed by atoms with E-state index in [0.29, 0.717) is 30.2 Å². The van der Waals surface area contributed by atoms with Gasteiger partial charge in [0.05, 0.1) is 37.3 Å². The fraction of sp³-hybridized carbons (Fsp3) is 0.368. The maximum atomic E-state index is 12.5. The molecule has 0 radical (unpaired) electrons. The highest BCUT2D eigenvalue weighted by Gasteiger charge is 2.31. The van der Waals surface area contributed by atoms with Crippen LogP contribution >= 0.6 is 0 Å². The molecule has 152 valence electrons. The molecule has 0 saturated carbocycles. The van der Waals surface area contributed by atoms with Crippen LogP contribution in [0.2, 0.25) is 0 Å². The first-order valence-electron chi connectivity index (χ1n) is 9.21. The van der Waals surface area contributed by atoms with Gasteiger partial charge in [-0.2, -0.15) is 5.10 Å². The summed E-state index contributed by atoms with van der Waals surface area (Å²) in [5.74, 6) is -0.147. The second-order valence-electron chi connectivity index (χ2n) is 6.33. The van der Waals surface area contributed by atoms with Gasteiger partial charge in [0.15, 0.2) is 5.65 Å². The van der Waals surface area contributed by atoms with E-state index in [9.17, 15) is 9.18 Å². The molecule has 3 aromatic heterocycles. The molecule has 2 atom stereocenters. The van der Waals surface area contributed by atoms with Crippen LogP contribution in [0.5, 0.6) is 5.75 Å². The zero-order chi connectivity index (χ0) is 20.2. The number of morpholine rings is 1. The minimum Gasteiger partial charge on any atom is -0.462 e. The third-order valence-corrected chi connectivity index (χ3v) is 4.56. The quantitative estimate of drug-likeness (QED) is 0.626. The average molecular weight is 401 g/mol. The van der Waals surface area contributed by atoms with E-state index in [0.717, 1.165) is 5.56 Å². The first-order valence-corrected chi connectivity index (χ1v) is 9.21. The number of nitrogens with zero attached hydrogens (tertiary/aromatic N) is 4. The summed E-state index contributed by atoms with van der Waals surface area (Å²) in [7, 11) is 0. The SMILES string of the molecule is CCOC(=O)c1cnn2ccc(C3OCCNC3c3cncc(OCF)c3)nc12. The van der Waals surface area contributed by atoms with Crippen molar-refractivity contribution in [3.63, 3.8) is 0 Å². The Morgan fingerprint density at radius 1 is 1.41 bits per heavy atom. The van der Waals surface area contributed by atoms with Crippen molar-refractivity contribution in [3.8, 4) is 5.75 Å². The highest BCUT2D eigenvalue weighted by atomic mass is 19.1. The number of esters is 1. The largest absolute Gasteiger partial charge is 0.462 e. The van der Waals surface area contributed by atoms with E-state index < -0.39 is 18.9 Å². The van der Waals surface area contributed by atoms with Gasteiger partial charge >= 0.3 is 5.97 Å². The zero-order valence-electron chi connectivity index (χ0n) is 15.7. The van der Waals surface area contributed by atoms with Crippen LogP contribution < -0.4 is 10.1 Å². The van der Waals surface area contributed by atoms with E-state index in [1.54, 1.807) is 31.5 Å². The number of hydrogen-bond donors (Lipinski definition) is 1. The van der Waals surface area contributed by atoms with Crippen molar-refractivity contribution in [2.24, 2.45) is 0 Å². The normalized spacial score (nSPS) is 19.2. The number of carbonyl (C=O) groups excluding carboxylic acids is 1. The van der Waals surface area contributed by atoms with Crippen LogP contribution in [0.3, 0.4) is 0 Å². The van der Waals surface area contributed by atoms with Gasteiger partial charge in [0.25, 0.3) is 0 Å². The summed E-state index contributed by atoms with van der Waals surface area (Å²) in [6.07, 6.45) is 5.83. The number of hydrogen-bond acceptors (Lipinski definition) is 8. The summed E-state index contributed by atoms with van der Waals surface area (Å²) < 4.78 is 30.0. The Bertz CT molecular complexity index is 1010. The Labute approximate surface area is 165 Å². The molecule has 1 saturated heterocycles. The highest BCUT2D eigenvalue weighted by molar-refractivity contribution is 5.95. The number of nitrogens with one attached hydrogen (secondary N) is 1. The highest BCUT2D eigenvalue weighted by Crippen LogP contribution is 2.34. The Balaban J connectivity index is 1.69. The molecule has 0 spiro atoms. The molecule has 1 aliphatic heterocycles. The number of pyridine rings is 1. The summed E-state index contributed by atoms with van der Waals surface area (Å²) in [4.78, 5) is 20.9. The average Bonchev–Trinajstić information content (AvgIpc) is 3.18. The molecule has 10 heteroatoms. The minimum atomic E-state index is -0.931. The molecule has 3 aromatic rings. The molecule has 1 aliphatic rings. The fourth-order valence-corrected chi connectivity index (χ4v) is 3.29. The molecule has 9 nitrogen and oxygen atoms in total. The van der Waals surface area contributed by atoms with Crippen molar-refractivity contribution < 1.29 is 23.4 Å². The summed E-state index contributed by atoms with van der Waals surface area (Å²) in [5.41, 5.74) is 2.08. The number of carbonyl (C=O) groups is 1. The first kappa shape index (κ1) is 19.2. The number of fused-ring (bicyclic) bond motifs is 1. The van der Waals surface area contributed by atoms with Crippen LogP contribution in [0, 0.1) is 0 Å². The second-order valence-corrected chi connectivity index (χ2v) is 6.33. The Morgan fingerprint density at radius 2 is 2.31 bits per heavy atom. The fourth-order valence-electron chi connectivity index (χ4n) is 3.29. The minimum absolute atomic E-state index is 0.262. The Hall–Kier alpha value is -3.11. The number of aromatic nitrogens is 4. The van der Waals surface area contributed by atoms with Crippen molar-refractivity contribution in [2.75, 3.05) is 26.6 Å². The van der Waals surface area contributed by atoms with Gasteiger partial charge in [0, 0.05) is 18.9 Å². The Kier molecular flexibility index (Phi) is 5.63. The first-order chi connectivity index (χ1) is 14.2. The molecule has 4 rings (SSSR count). The van der Waals surface area contributed by atoms with Crippen molar-refractivity contribution in [2.45, 2.75) is 19.1 Å². The second kappa shape index (κ2) is 8.50. The lowest BCUT2D eigenvalue weighted by atomic mass is 9.99. The van der Waals surface area contributed by atoms with Gasteiger partial charge in [0.2, 0.25) is 6.86 Å². The third kappa shape index (κ3) is 3.89. The molecule has 1 N–H and O–H groups in total.